The number of halogens is 2. The van der Waals surface area contributed by atoms with Crippen molar-refractivity contribution in [1.29, 1.82) is 0 Å². The third-order valence-electron chi connectivity index (χ3n) is 3.38. The third-order valence-corrected chi connectivity index (χ3v) is 4.76. The number of aromatic nitrogens is 2. The van der Waals surface area contributed by atoms with Gasteiger partial charge in [-0.2, -0.15) is 8.75 Å². The fraction of sp³-hybridized carbons (Fsp3) is 0.200. The summed E-state index contributed by atoms with van der Waals surface area (Å²) in [5.41, 5.74) is 3.79. The van der Waals surface area contributed by atoms with E-state index in [0.717, 1.165) is 27.6 Å². The van der Waals surface area contributed by atoms with E-state index in [1.807, 2.05) is 24.3 Å². The fourth-order valence-electron chi connectivity index (χ4n) is 2.25. The highest BCUT2D eigenvalue weighted by atomic mass is 79.9. The zero-order chi connectivity index (χ0) is 14.8. The van der Waals surface area contributed by atoms with Gasteiger partial charge in [0.2, 0.25) is 0 Å². The van der Waals surface area contributed by atoms with Crippen molar-refractivity contribution < 1.29 is 0 Å². The summed E-state index contributed by atoms with van der Waals surface area (Å²) in [6.45, 7) is 2.15. The van der Waals surface area contributed by atoms with Crippen LogP contribution in [0.1, 0.15) is 24.9 Å². The molecule has 21 heavy (non-hydrogen) atoms. The molecule has 0 aliphatic heterocycles. The van der Waals surface area contributed by atoms with Crippen LogP contribution in [0, 0.1) is 0 Å². The van der Waals surface area contributed by atoms with E-state index < -0.39 is 0 Å². The van der Waals surface area contributed by atoms with E-state index in [4.69, 9.17) is 11.6 Å². The molecule has 0 fully saturated rings. The third kappa shape index (κ3) is 3.05. The smallest absolute Gasteiger partial charge is 0.129 e. The minimum Gasteiger partial charge on any atom is -0.375 e. The molecule has 1 N–H and O–H groups in total. The SMILES string of the molecule is CCC(Nc1c(Cl)ccc2nsnc12)c1ccc(Br)cc1. The van der Waals surface area contributed by atoms with Crippen molar-refractivity contribution in [3.05, 3.63) is 51.5 Å². The maximum absolute atomic E-state index is 6.34. The Bertz CT molecular complexity index is 757. The van der Waals surface area contributed by atoms with Crippen molar-refractivity contribution in [1.82, 2.24) is 8.75 Å². The highest BCUT2D eigenvalue weighted by molar-refractivity contribution is 9.10. The van der Waals surface area contributed by atoms with Crippen molar-refractivity contribution >= 4 is 56.0 Å². The van der Waals surface area contributed by atoms with Gasteiger partial charge in [-0.3, -0.25) is 0 Å². The van der Waals surface area contributed by atoms with Crippen molar-refractivity contribution in [3.63, 3.8) is 0 Å². The molecular formula is C15H13BrClN3S. The summed E-state index contributed by atoms with van der Waals surface area (Å²) in [4.78, 5) is 0. The number of hydrogen-bond donors (Lipinski definition) is 1. The average Bonchev–Trinajstić information content (AvgIpc) is 2.96. The van der Waals surface area contributed by atoms with Crippen molar-refractivity contribution in [2.24, 2.45) is 0 Å². The lowest BCUT2D eigenvalue weighted by Crippen LogP contribution is -2.10. The lowest BCUT2D eigenvalue weighted by Gasteiger charge is -2.20. The van der Waals surface area contributed by atoms with Crippen LogP contribution in [0.5, 0.6) is 0 Å². The Morgan fingerprint density at radius 1 is 1.19 bits per heavy atom. The van der Waals surface area contributed by atoms with Gasteiger partial charge in [-0.25, -0.2) is 0 Å². The number of benzene rings is 2. The lowest BCUT2D eigenvalue weighted by atomic mass is 10.0. The van der Waals surface area contributed by atoms with Gasteiger partial charge in [-0.1, -0.05) is 46.6 Å². The van der Waals surface area contributed by atoms with Gasteiger partial charge in [0.15, 0.2) is 0 Å². The first-order valence-electron chi connectivity index (χ1n) is 6.62. The Labute approximate surface area is 140 Å². The Morgan fingerprint density at radius 2 is 1.95 bits per heavy atom. The molecule has 0 aliphatic carbocycles. The van der Waals surface area contributed by atoms with E-state index in [9.17, 15) is 0 Å². The molecule has 0 amide bonds. The molecule has 1 atom stereocenters. The second kappa shape index (κ2) is 6.30. The predicted molar refractivity (Wildman–Crippen MR) is 93.2 cm³/mol. The van der Waals surface area contributed by atoms with Crippen molar-refractivity contribution in [2.75, 3.05) is 5.32 Å². The highest BCUT2D eigenvalue weighted by Crippen LogP contribution is 2.34. The number of nitrogens with one attached hydrogen (secondary N) is 1. The van der Waals surface area contributed by atoms with E-state index in [-0.39, 0.29) is 6.04 Å². The first-order chi connectivity index (χ1) is 10.2. The molecule has 0 saturated heterocycles. The standard InChI is InChI=1S/C15H13BrClN3S/c1-2-12(9-3-5-10(16)6-4-9)18-14-11(17)7-8-13-15(14)20-21-19-13/h3-8,12,18H,2H2,1H3. The Morgan fingerprint density at radius 3 is 2.67 bits per heavy atom. The van der Waals surface area contributed by atoms with Gasteiger partial charge in [-0.15, -0.1) is 0 Å². The van der Waals surface area contributed by atoms with E-state index in [1.54, 1.807) is 0 Å². The fourth-order valence-corrected chi connectivity index (χ4v) is 3.27. The molecule has 1 unspecified atom stereocenters. The summed E-state index contributed by atoms with van der Waals surface area (Å²) in [6, 6.07) is 12.3. The van der Waals surface area contributed by atoms with Gasteiger partial charge in [0.05, 0.1) is 28.5 Å². The van der Waals surface area contributed by atoms with Gasteiger partial charge < -0.3 is 5.32 Å². The van der Waals surface area contributed by atoms with Crippen LogP contribution in [0.15, 0.2) is 40.9 Å². The maximum atomic E-state index is 6.34. The summed E-state index contributed by atoms with van der Waals surface area (Å²) in [6.07, 6.45) is 0.950. The van der Waals surface area contributed by atoms with Crippen molar-refractivity contribution in [3.8, 4) is 0 Å². The first-order valence-corrected chi connectivity index (χ1v) is 8.52. The number of anilines is 1. The summed E-state index contributed by atoms with van der Waals surface area (Å²) in [5.74, 6) is 0. The first kappa shape index (κ1) is 14.8. The van der Waals surface area contributed by atoms with Crippen LogP contribution < -0.4 is 5.32 Å². The van der Waals surface area contributed by atoms with Crippen LogP contribution in [0.2, 0.25) is 5.02 Å². The van der Waals surface area contributed by atoms with Crippen LogP contribution in [0.3, 0.4) is 0 Å². The summed E-state index contributed by atoms with van der Waals surface area (Å²) >= 11 is 11.0. The highest BCUT2D eigenvalue weighted by Gasteiger charge is 2.15. The molecule has 6 heteroatoms. The van der Waals surface area contributed by atoms with Gasteiger partial charge in [0.25, 0.3) is 0 Å². The van der Waals surface area contributed by atoms with Crippen LogP contribution >= 0.6 is 39.3 Å². The molecule has 3 nitrogen and oxygen atoms in total. The molecule has 0 radical (unpaired) electrons. The molecule has 2 aromatic carbocycles. The number of rotatable bonds is 4. The topological polar surface area (TPSA) is 37.8 Å². The Kier molecular flexibility index (Phi) is 4.42. The van der Waals surface area contributed by atoms with E-state index in [2.05, 4.69) is 49.1 Å². The Balaban J connectivity index is 1.97. The predicted octanol–water partition coefficient (Wildman–Crippen LogP) is 5.67. The molecule has 1 heterocycles. The molecule has 0 spiro atoms. The molecule has 1 aromatic heterocycles. The normalized spacial score (nSPS) is 12.5. The number of hydrogen-bond acceptors (Lipinski definition) is 4. The molecule has 108 valence electrons. The molecule has 3 rings (SSSR count). The van der Waals surface area contributed by atoms with E-state index in [1.165, 1.54) is 17.3 Å². The lowest BCUT2D eigenvalue weighted by molar-refractivity contribution is 0.750. The zero-order valence-electron chi connectivity index (χ0n) is 11.3. The zero-order valence-corrected chi connectivity index (χ0v) is 14.5. The minimum absolute atomic E-state index is 0.183. The van der Waals surface area contributed by atoms with Crippen LogP contribution in [-0.2, 0) is 0 Å². The molecule has 0 saturated carbocycles. The maximum Gasteiger partial charge on any atom is 0.129 e. The van der Waals surface area contributed by atoms with Gasteiger partial charge in [-0.05, 0) is 36.2 Å². The summed E-state index contributed by atoms with van der Waals surface area (Å²) in [7, 11) is 0. The van der Waals surface area contributed by atoms with E-state index >= 15 is 0 Å². The molecule has 0 bridgehead atoms. The second-order valence-corrected chi connectivity index (χ2v) is 6.56. The quantitative estimate of drug-likeness (QED) is 0.631. The molecular weight excluding hydrogens is 370 g/mol. The number of fused-ring (bicyclic) bond motifs is 1. The second-order valence-electron chi connectivity index (χ2n) is 4.71. The molecule has 3 aromatic rings. The monoisotopic (exact) mass is 381 g/mol. The van der Waals surface area contributed by atoms with Crippen LogP contribution in [0.25, 0.3) is 11.0 Å². The van der Waals surface area contributed by atoms with Gasteiger partial charge in [0, 0.05) is 4.47 Å². The summed E-state index contributed by atoms with van der Waals surface area (Å²) < 4.78 is 9.69. The van der Waals surface area contributed by atoms with Gasteiger partial charge in [0.1, 0.15) is 11.0 Å². The molecule has 0 aliphatic rings. The van der Waals surface area contributed by atoms with Crippen LogP contribution in [0.4, 0.5) is 5.69 Å². The van der Waals surface area contributed by atoms with Crippen LogP contribution in [-0.4, -0.2) is 8.75 Å². The Hall–Kier alpha value is -1.17. The number of nitrogens with zero attached hydrogens (tertiary/aromatic N) is 2. The van der Waals surface area contributed by atoms with E-state index in [0.29, 0.717) is 5.02 Å². The summed E-state index contributed by atoms with van der Waals surface area (Å²) in [5, 5.41) is 4.19. The van der Waals surface area contributed by atoms with Gasteiger partial charge >= 0.3 is 0 Å². The van der Waals surface area contributed by atoms with Crippen molar-refractivity contribution in [2.45, 2.75) is 19.4 Å². The average molecular weight is 383 g/mol. The largest absolute Gasteiger partial charge is 0.375 e. The minimum atomic E-state index is 0.183.